The van der Waals surface area contributed by atoms with E-state index in [0.29, 0.717) is 31.5 Å². The van der Waals surface area contributed by atoms with Crippen molar-refractivity contribution in [2.45, 2.75) is 32.9 Å². The summed E-state index contributed by atoms with van der Waals surface area (Å²) >= 11 is 0. The predicted molar refractivity (Wildman–Crippen MR) is 105 cm³/mol. The van der Waals surface area contributed by atoms with E-state index in [4.69, 9.17) is 4.74 Å². The molecule has 0 atom stereocenters. The van der Waals surface area contributed by atoms with Crippen molar-refractivity contribution in [1.82, 2.24) is 30.2 Å². The molecular formula is C19H25N7O. The Morgan fingerprint density at radius 2 is 2.04 bits per heavy atom. The van der Waals surface area contributed by atoms with E-state index in [1.54, 1.807) is 13.2 Å². The number of ether oxygens (including phenoxy) is 1. The summed E-state index contributed by atoms with van der Waals surface area (Å²) in [5, 5.41) is 14.9. The summed E-state index contributed by atoms with van der Waals surface area (Å²) in [4.78, 5) is 8.59. The summed E-state index contributed by atoms with van der Waals surface area (Å²) in [7, 11) is 1.74. The number of hydrogen-bond acceptors (Lipinski definition) is 5. The van der Waals surface area contributed by atoms with Gasteiger partial charge in [0.2, 0.25) is 5.88 Å². The van der Waals surface area contributed by atoms with Crippen molar-refractivity contribution in [2.75, 3.05) is 13.7 Å². The fourth-order valence-corrected chi connectivity index (χ4v) is 2.58. The Kier molecular flexibility index (Phi) is 6.56. The molecule has 3 aromatic rings. The Labute approximate surface area is 158 Å². The Bertz CT molecular complexity index is 890. The third-order valence-electron chi connectivity index (χ3n) is 4.05. The number of fused-ring (bicyclic) bond motifs is 1. The number of nitrogens with zero attached hydrogens (tertiary/aromatic N) is 5. The van der Waals surface area contributed by atoms with E-state index in [9.17, 15) is 0 Å². The van der Waals surface area contributed by atoms with Gasteiger partial charge in [0, 0.05) is 31.5 Å². The van der Waals surface area contributed by atoms with Gasteiger partial charge in [0.05, 0.1) is 13.2 Å². The predicted octanol–water partition coefficient (Wildman–Crippen LogP) is 2.17. The largest absolute Gasteiger partial charge is 0.477 e. The van der Waals surface area contributed by atoms with E-state index in [-0.39, 0.29) is 0 Å². The first-order valence-electron chi connectivity index (χ1n) is 9.11. The van der Waals surface area contributed by atoms with Crippen molar-refractivity contribution in [3.8, 4) is 5.88 Å². The molecule has 0 saturated heterocycles. The van der Waals surface area contributed by atoms with Gasteiger partial charge >= 0.3 is 0 Å². The second-order valence-electron chi connectivity index (χ2n) is 5.99. The molecule has 0 radical (unpaired) electrons. The highest BCUT2D eigenvalue weighted by molar-refractivity contribution is 5.79. The number of nitrogens with one attached hydrogen (secondary N) is 2. The van der Waals surface area contributed by atoms with Crippen LogP contribution < -0.4 is 15.4 Å². The van der Waals surface area contributed by atoms with Crippen molar-refractivity contribution in [3.05, 3.63) is 54.1 Å². The highest BCUT2D eigenvalue weighted by Crippen LogP contribution is 2.14. The zero-order chi connectivity index (χ0) is 18.9. The molecule has 27 heavy (non-hydrogen) atoms. The molecular weight excluding hydrogens is 342 g/mol. The van der Waals surface area contributed by atoms with Gasteiger partial charge in [-0.05, 0) is 24.6 Å². The highest BCUT2D eigenvalue weighted by Gasteiger charge is 2.08. The summed E-state index contributed by atoms with van der Waals surface area (Å²) in [5.74, 6) is 2.15. The Hall–Kier alpha value is -3.16. The number of unbranched alkanes of at least 4 members (excludes halogenated alkanes) is 1. The molecule has 2 N–H and O–H groups in total. The standard InChI is InChI=1S/C19H25N7O/c1-3-4-12-27-18-15(8-7-10-21-18)13-22-19(20-2)23-14-17-25-24-16-9-5-6-11-26(16)17/h5-11H,3-4,12-14H2,1-2H3,(H2,20,22,23). The summed E-state index contributed by atoms with van der Waals surface area (Å²) in [6.45, 7) is 3.89. The van der Waals surface area contributed by atoms with Crippen molar-refractivity contribution in [2.24, 2.45) is 4.99 Å². The molecule has 0 amide bonds. The van der Waals surface area contributed by atoms with Crippen LogP contribution in [0, 0.1) is 0 Å². The second-order valence-corrected chi connectivity index (χ2v) is 5.99. The van der Waals surface area contributed by atoms with Gasteiger partial charge in [0.15, 0.2) is 17.4 Å². The van der Waals surface area contributed by atoms with Crippen molar-refractivity contribution in [3.63, 3.8) is 0 Å². The zero-order valence-electron chi connectivity index (χ0n) is 15.7. The van der Waals surface area contributed by atoms with Crippen LogP contribution in [0.25, 0.3) is 5.65 Å². The lowest BCUT2D eigenvalue weighted by Crippen LogP contribution is -2.36. The first kappa shape index (κ1) is 18.6. The molecule has 0 spiro atoms. The molecule has 0 unspecified atom stereocenters. The molecule has 3 rings (SSSR count). The van der Waals surface area contributed by atoms with Gasteiger partial charge in [0.25, 0.3) is 0 Å². The van der Waals surface area contributed by atoms with Gasteiger partial charge in [-0.15, -0.1) is 10.2 Å². The average molecular weight is 367 g/mol. The second kappa shape index (κ2) is 9.51. The minimum atomic E-state index is 0.512. The third-order valence-corrected chi connectivity index (χ3v) is 4.05. The lowest BCUT2D eigenvalue weighted by molar-refractivity contribution is 0.294. The first-order chi connectivity index (χ1) is 13.3. The maximum atomic E-state index is 5.78. The first-order valence-corrected chi connectivity index (χ1v) is 9.11. The van der Waals surface area contributed by atoms with Gasteiger partial charge in [-0.25, -0.2) is 4.98 Å². The third kappa shape index (κ3) is 4.93. The minimum Gasteiger partial charge on any atom is -0.477 e. The van der Waals surface area contributed by atoms with Crippen LogP contribution in [0.5, 0.6) is 5.88 Å². The van der Waals surface area contributed by atoms with Gasteiger partial charge in [-0.1, -0.05) is 25.5 Å². The SMILES string of the molecule is CCCCOc1ncccc1CNC(=NC)NCc1nnc2ccccn12. The molecule has 0 aliphatic carbocycles. The number of hydrogen-bond donors (Lipinski definition) is 2. The molecule has 0 aromatic carbocycles. The van der Waals surface area contributed by atoms with Crippen LogP contribution in [0.1, 0.15) is 31.2 Å². The van der Waals surface area contributed by atoms with E-state index >= 15 is 0 Å². The molecule has 0 aliphatic rings. The van der Waals surface area contributed by atoms with Crippen molar-refractivity contribution < 1.29 is 4.74 Å². The smallest absolute Gasteiger partial charge is 0.218 e. The fourth-order valence-electron chi connectivity index (χ4n) is 2.58. The van der Waals surface area contributed by atoms with Gasteiger partial charge in [-0.3, -0.25) is 9.39 Å². The van der Waals surface area contributed by atoms with E-state index < -0.39 is 0 Å². The summed E-state index contributed by atoms with van der Waals surface area (Å²) in [5.41, 5.74) is 1.81. The van der Waals surface area contributed by atoms with Gasteiger partial charge in [-0.2, -0.15) is 0 Å². The molecule has 0 aliphatic heterocycles. The average Bonchev–Trinajstić information content (AvgIpc) is 3.12. The minimum absolute atomic E-state index is 0.512. The van der Waals surface area contributed by atoms with Crippen LogP contribution in [-0.2, 0) is 13.1 Å². The van der Waals surface area contributed by atoms with Gasteiger partial charge < -0.3 is 15.4 Å². The van der Waals surface area contributed by atoms with E-state index in [1.807, 2.05) is 40.9 Å². The Morgan fingerprint density at radius 1 is 1.15 bits per heavy atom. The maximum Gasteiger partial charge on any atom is 0.218 e. The molecule has 8 heteroatoms. The summed E-state index contributed by atoms with van der Waals surface area (Å²) < 4.78 is 7.72. The molecule has 8 nitrogen and oxygen atoms in total. The van der Waals surface area contributed by atoms with E-state index in [1.165, 1.54) is 0 Å². The quantitative estimate of drug-likeness (QED) is 0.360. The van der Waals surface area contributed by atoms with E-state index in [0.717, 1.165) is 29.9 Å². The zero-order valence-corrected chi connectivity index (χ0v) is 15.7. The highest BCUT2D eigenvalue weighted by atomic mass is 16.5. The Balaban J connectivity index is 1.57. The molecule has 142 valence electrons. The summed E-state index contributed by atoms with van der Waals surface area (Å²) in [6, 6.07) is 9.72. The van der Waals surface area contributed by atoms with Crippen LogP contribution >= 0.6 is 0 Å². The number of rotatable bonds is 8. The lowest BCUT2D eigenvalue weighted by Gasteiger charge is -2.13. The molecule has 0 fully saturated rings. The number of aromatic nitrogens is 4. The normalized spacial score (nSPS) is 11.6. The topological polar surface area (TPSA) is 88.7 Å². The van der Waals surface area contributed by atoms with Crippen LogP contribution in [-0.4, -0.2) is 39.2 Å². The molecule has 3 aromatic heterocycles. The van der Waals surface area contributed by atoms with Crippen LogP contribution in [0.4, 0.5) is 0 Å². The monoisotopic (exact) mass is 367 g/mol. The molecule has 0 saturated carbocycles. The maximum absolute atomic E-state index is 5.78. The summed E-state index contributed by atoms with van der Waals surface area (Å²) in [6.07, 6.45) is 5.79. The van der Waals surface area contributed by atoms with Crippen LogP contribution in [0.2, 0.25) is 0 Å². The van der Waals surface area contributed by atoms with Gasteiger partial charge in [0.1, 0.15) is 0 Å². The molecule has 3 heterocycles. The molecule has 0 bridgehead atoms. The van der Waals surface area contributed by atoms with Crippen LogP contribution in [0.15, 0.2) is 47.7 Å². The number of pyridine rings is 2. The fraction of sp³-hybridized carbons (Fsp3) is 0.368. The lowest BCUT2D eigenvalue weighted by atomic mass is 10.2. The van der Waals surface area contributed by atoms with E-state index in [2.05, 4.69) is 37.7 Å². The number of aliphatic imine (C=N–C) groups is 1. The number of guanidine groups is 1. The van der Waals surface area contributed by atoms with Crippen LogP contribution in [0.3, 0.4) is 0 Å². The van der Waals surface area contributed by atoms with Crippen molar-refractivity contribution in [1.29, 1.82) is 0 Å². The van der Waals surface area contributed by atoms with Crippen molar-refractivity contribution >= 4 is 11.6 Å². The Morgan fingerprint density at radius 3 is 2.89 bits per heavy atom.